The lowest BCUT2D eigenvalue weighted by molar-refractivity contribution is -0.138. The van der Waals surface area contributed by atoms with Gasteiger partial charge in [-0.05, 0) is 35.4 Å². The van der Waals surface area contributed by atoms with Gasteiger partial charge in [0, 0.05) is 31.1 Å². The number of amides is 1. The average molecular weight is 373 g/mol. The summed E-state index contributed by atoms with van der Waals surface area (Å²) in [5, 5.41) is 0. The third kappa shape index (κ3) is 4.61. The first kappa shape index (κ1) is 18.3. The molecule has 5 nitrogen and oxygen atoms in total. The number of rotatable bonds is 5. The van der Waals surface area contributed by atoms with Crippen LogP contribution in [0.15, 0.2) is 73.1 Å². The Bertz CT molecular complexity index is 915. The smallest absolute Gasteiger partial charge is 0.227 e. The highest BCUT2D eigenvalue weighted by molar-refractivity contribution is 5.78. The normalized spacial score (nSPS) is 16.7. The maximum atomic E-state index is 12.7. The molecule has 1 aliphatic rings. The molecule has 3 heterocycles. The third-order valence-electron chi connectivity index (χ3n) is 4.91. The number of benzene rings is 1. The molecule has 1 aliphatic heterocycles. The molecular weight excluding hydrogens is 350 g/mol. The molecule has 1 amide bonds. The van der Waals surface area contributed by atoms with E-state index in [9.17, 15) is 4.79 Å². The predicted molar refractivity (Wildman–Crippen MR) is 107 cm³/mol. The van der Waals surface area contributed by atoms with Crippen molar-refractivity contribution in [3.05, 3.63) is 95.6 Å². The highest BCUT2D eigenvalue weighted by Crippen LogP contribution is 2.22. The summed E-state index contributed by atoms with van der Waals surface area (Å²) in [5.74, 6) is 0.111. The van der Waals surface area contributed by atoms with E-state index < -0.39 is 0 Å². The fourth-order valence-corrected chi connectivity index (χ4v) is 3.42. The Hall–Kier alpha value is -3.05. The number of aromatic nitrogens is 2. The molecule has 5 heteroatoms. The van der Waals surface area contributed by atoms with E-state index in [1.807, 2.05) is 53.4 Å². The molecule has 0 aliphatic carbocycles. The van der Waals surface area contributed by atoms with Gasteiger partial charge in [-0.3, -0.25) is 14.8 Å². The van der Waals surface area contributed by atoms with Gasteiger partial charge in [-0.1, -0.05) is 36.4 Å². The summed E-state index contributed by atoms with van der Waals surface area (Å²) in [6.07, 6.45) is 4.41. The van der Waals surface area contributed by atoms with E-state index >= 15 is 0 Å². The Morgan fingerprint density at radius 3 is 2.64 bits per heavy atom. The van der Waals surface area contributed by atoms with E-state index in [1.54, 1.807) is 12.4 Å². The Morgan fingerprint density at radius 1 is 1.00 bits per heavy atom. The van der Waals surface area contributed by atoms with E-state index in [0.29, 0.717) is 26.1 Å². The number of hydrogen-bond acceptors (Lipinski definition) is 4. The van der Waals surface area contributed by atoms with Gasteiger partial charge >= 0.3 is 0 Å². The van der Waals surface area contributed by atoms with Crippen molar-refractivity contribution in [2.75, 3.05) is 19.7 Å². The summed E-state index contributed by atoms with van der Waals surface area (Å²) >= 11 is 0. The second kappa shape index (κ2) is 8.76. The highest BCUT2D eigenvalue weighted by Gasteiger charge is 2.26. The van der Waals surface area contributed by atoms with Crippen molar-refractivity contribution >= 4 is 5.91 Å². The number of ether oxygens (including phenoxy) is 1. The topological polar surface area (TPSA) is 55.3 Å². The first-order chi connectivity index (χ1) is 13.8. The van der Waals surface area contributed by atoms with Crippen LogP contribution in [0.5, 0.6) is 0 Å². The Morgan fingerprint density at radius 2 is 1.82 bits per heavy atom. The maximum Gasteiger partial charge on any atom is 0.227 e. The summed E-state index contributed by atoms with van der Waals surface area (Å²) in [6, 6.07) is 20.1. The van der Waals surface area contributed by atoms with Gasteiger partial charge in [0.25, 0.3) is 0 Å². The summed E-state index contributed by atoms with van der Waals surface area (Å²) in [4.78, 5) is 23.4. The molecule has 142 valence electrons. The number of nitrogens with zero attached hydrogens (tertiary/aromatic N) is 3. The van der Waals surface area contributed by atoms with Crippen LogP contribution < -0.4 is 0 Å². The minimum Gasteiger partial charge on any atom is -0.368 e. The van der Waals surface area contributed by atoms with Gasteiger partial charge in [0.2, 0.25) is 5.91 Å². The highest BCUT2D eigenvalue weighted by atomic mass is 16.5. The van der Waals surface area contributed by atoms with Crippen LogP contribution in [0.4, 0.5) is 0 Å². The van der Waals surface area contributed by atoms with E-state index in [0.717, 1.165) is 23.4 Å². The molecule has 3 aromatic rings. The molecule has 0 bridgehead atoms. The van der Waals surface area contributed by atoms with Crippen molar-refractivity contribution in [3.63, 3.8) is 0 Å². The van der Waals surface area contributed by atoms with Crippen LogP contribution in [0.2, 0.25) is 0 Å². The molecule has 1 fully saturated rings. The Balaban J connectivity index is 1.43. The van der Waals surface area contributed by atoms with Crippen molar-refractivity contribution in [1.29, 1.82) is 0 Å². The molecule has 1 saturated heterocycles. The van der Waals surface area contributed by atoms with Gasteiger partial charge in [-0.25, -0.2) is 0 Å². The lowest BCUT2D eigenvalue weighted by Gasteiger charge is -2.33. The minimum atomic E-state index is -0.189. The molecular formula is C23H23N3O2. The lowest BCUT2D eigenvalue weighted by Crippen LogP contribution is -2.43. The number of hydrogen-bond donors (Lipinski definition) is 0. The SMILES string of the molecule is O=C(Cc1ccncc1)N1CCO[C@@H](c2cccc(Cc3ccccc3)n2)C1. The zero-order chi connectivity index (χ0) is 19.2. The fourth-order valence-electron chi connectivity index (χ4n) is 3.42. The molecule has 2 aromatic heterocycles. The number of pyridine rings is 2. The fraction of sp³-hybridized carbons (Fsp3) is 0.261. The van der Waals surface area contributed by atoms with Crippen LogP contribution in [0.3, 0.4) is 0 Å². The van der Waals surface area contributed by atoms with Crippen molar-refractivity contribution < 1.29 is 9.53 Å². The molecule has 1 aromatic carbocycles. The zero-order valence-corrected chi connectivity index (χ0v) is 15.7. The van der Waals surface area contributed by atoms with Crippen molar-refractivity contribution in [2.24, 2.45) is 0 Å². The molecule has 1 atom stereocenters. The second-order valence-corrected chi connectivity index (χ2v) is 6.95. The van der Waals surface area contributed by atoms with Gasteiger partial charge in [-0.15, -0.1) is 0 Å². The van der Waals surface area contributed by atoms with Crippen LogP contribution >= 0.6 is 0 Å². The van der Waals surface area contributed by atoms with Crippen LogP contribution in [0, 0.1) is 0 Å². The summed E-state index contributed by atoms with van der Waals surface area (Å²) in [7, 11) is 0. The standard InChI is InChI=1S/C23H23N3O2/c27-23(16-19-9-11-24-12-10-19)26-13-14-28-22(17-26)21-8-4-7-20(25-21)15-18-5-2-1-3-6-18/h1-12,22H,13-17H2/t22-/m1/s1. The molecule has 0 spiro atoms. The van der Waals surface area contributed by atoms with Crippen LogP contribution in [0.25, 0.3) is 0 Å². The van der Waals surface area contributed by atoms with Crippen molar-refractivity contribution in [1.82, 2.24) is 14.9 Å². The predicted octanol–water partition coefficient (Wildman–Crippen LogP) is 3.21. The number of carbonyl (C=O) groups is 1. The average Bonchev–Trinajstić information content (AvgIpc) is 2.75. The quantitative estimate of drug-likeness (QED) is 0.689. The largest absolute Gasteiger partial charge is 0.368 e. The summed E-state index contributed by atoms with van der Waals surface area (Å²) in [6.45, 7) is 1.67. The van der Waals surface area contributed by atoms with Crippen molar-refractivity contribution in [2.45, 2.75) is 18.9 Å². The van der Waals surface area contributed by atoms with Gasteiger partial charge in [0.05, 0.1) is 25.3 Å². The summed E-state index contributed by atoms with van der Waals surface area (Å²) < 4.78 is 5.93. The van der Waals surface area contributed by atoms with Crippen LogP contribution in [-0.4, -0.2) is 40.5 Å². The molecule has 0 N–H and O–H groups in total. The maximum absolute atomic E-state index is 12.7. The summed E-state index contributed by atoms with van der Waals surface area (Å²) in [5.41, 5.74) is 4.10. The Kier molecular flexibility index (Phi) is 5.73. The van der Waals surface area contributed by atoms with Gasteiger partial charge in [-0.2, -0.15) is 0 Å². The van der Waals surface area contributed by atoms with Gasteiger partial charge < -0.3 is 9.64 Å². The Labute approximate surface area is 165 Å². The third-order valence-corrected chi connectivity index (χ3v) is 4.91. The van der Waals surface area contributed by atoms with E-state index in [2.05, 4.69) is 17.1 Å². The molecule has 0 unspecified atom stereocenters. The van der Waals surface area contributed by atoms with Crippen molar-refractivity contribution in [3.8, 4) is 0 Å². The zero-order valence-electron chi connectivity index (χ0n) is 15.7. The monoisotopic (exact) mass is 373 g/mol. The number of morpholine rings is 1. The van der Waals surface area contributed by atoms with E-state index in [4.69, 9.17) is 9.72 Å². The minimum absolute atomic E-state index is 0.111. The van der Waals surface area contributed by atoms with E-state index in [1.165, 1.54) is 5.56 Å². The van der Waals surface area contributed by atoms with Crippen LogP contribution in [0.1, 0.15) is 28.6 Å². The first-order valence-electron chi connectivity index (χ1n) is 9.56. The van der Waals surface area contributed by atoms with Gasteiger partial charge in [0.1, 0.15) is 6.10 Å². The molecule has 0 saturated carbocycles. The first-order valence-corrected chi connectivity index (χ1v) is 9.56. The van der Waals surface area contributed by atoms with E-state index in [-0.39, 0.29) is 12.0 Å². The molecule has 0 radical (unpaired) electrons. The van der Waals surface area contributed by atoms with Gasteiger partial charge in [0.15, 0.2) is 0 Å². The molecule has 4 rings (SSSR count). The number of carbonyl (C=O) groups excluding carboxylic acids is 1. The molecule has 28 heavy (non-hydrogen) atoms. The second-order valence-electron chi connectivity index (χ2n) is 6.95. The lowest BCUT2D eigenvalue weighted by atomic mass is 10.1. The van der Waals surface area contributed by atoms with Crippen LogP contribution in [-0.2, 0) is 22.4 Å².